The van der Waals surface area contributed by atoms with Gasteiger partial charge in [0.15, 0.2) is 5.82 Å². The Balaban J connectivity index is 1.88. The van der Waals surface area contributed by atoms with Gasteiger partial charge >= 0.3 is 0 Å². The molecule has 1 N–H and O–H groups in total. The third-order valence-electron chi connectivity index (χ3n) is 2.93. The Kier molecular flexibility index (Phi) is 6.63. The number of rotatable bonds is 10. The number of imidazole rings is 1. The summed E-state index contributed by atoms with van der Waals surface area (Å²) < 4.78 is 12.7. The fourth-order valence-electron chi connectivity index (χ4n) is 1.93. The van der Waals surface area contributed by atoms with Crippen molar-refractivity contribution in [3.05, 3.63) is 30.6 Å². The van der Waals surface area contributed by atoms with Crippen LogP contribution in [-0.4, -0.2) is 39.8 Å². The molecular weight excluding hydrogens is 282 g/mol. The number of methoxy groups -OCH3 is 1. The Morgan fingerprint density at radius 1 is 1.32 bits per heavy atom. The van der Waals surface area contributed by atoms with Gasteiger partial charge in [0, 0.05) is 38.7 Å². The van der Waals surface area contributed by atoms with Crippen LogP contribution in [0.5, 0.6) is 5.88 Å². The Labute approximate surface area is 130 Å². The molecule has 22 heavy (non-hydrogen) atoms. The molecule has 2 rings (SSSR count). The summed E-state index contributed by atoms with van der Waals surface area (Å²) in [5.41, 5.74) is 0. The second kappa shape index (κ2) is 8.99. The smallest absolute Gasteiger partial charge is 0.218 e. The van der Waals surface area contributed by atoms with Crippen LogP contribution in [0.4, 0.5) is 5.82 Å². The molecule has 2 heterocycles. The zero-order chi connectivity index (χ0) is 15.6. The van der Waals surface area contributed by atoms with Gasteiger partial charge in [0.2, 0.25) is 5.88 Å². The Bertz CT molecular complexity index is 545. The highest BCUT2D eigenvalue weighted by molar-refractivity contribution is 5.38. The lowest BCUT2D eigenvalue weighted by Gasteiger charge is -2.10. The number of aromatic nitrogens is 4. The quantitative estimate of drug-likeness (QED) is 0.678. The standard InChI is InChI=1S/C15H23N5O2/c1-3-9-22-15-10-13(18-14(19-15)11-21-2)17-5-4-7-20-8-6-16-12-20/h6,8,10,12H,3-5,7,9,11H2,1-2H3,(H,17,18,19). The summed E-state index contributed by atoms with van der Waals surface area (Å²) in [5, 5.41) is 3.30. The lowest BCUT2D eigenvalue weighted by molar-refractivity contribution is 0.176. The molecule has 0 amide bonds. The van der Waals surface area contributed by atoms with E-state index in [4.69, 9.17) is 9.47 Å². The monoisotopic (exact) mass is 305 g/mol. The van der Waals surface area contributed by atoms with Gasteiger partial charge in [-0.2, -0.15) is 4.98 Å². The Hall–Kier alpha value is -2.15. The van der Waals surface area contributed by atoms with E-state index in [1.165, 1.54) is 0 Å². The van der Waals surface area contributed by atoms with E-state index in [-0.39, 0.29) is 0 Å². The minimum absolute atomic E-state index is 0.368. The summed E-state index contributed by atoms with van der Waals surface area (Å²) >= 11 is 0. The number of hydrogen-bond acceptors (Lipinski definition) is 6. The fourth-order valence-corrected chi connectivity index (χ4v) is 1.93. The van der Waals surface area contributed by atoms with Crippen LogP contribution < -0.4 is 10.1 Å². The molecule has 0 unspecified atom stereocenters. The number of anilines is 1. The molecule has 0 spiro atoms. The molecule has 2 aromatic heterocycles. The SMILES string of the molecule is CCCOc1cc(NCCCn2ccnc2)nc(COC)n1. The molecule has 2 aromatic rings. The third-order valence-corrected chi connectivity index (χ3v) is 2.93. The van der Waals surface area contributed by atoms with Crippen molar-refractivity contribution in [3.63, 3.8) is 0 Å². The first-order valence-corrected chi connectivity index (χ1v) is 7.51. The molecule has 0 atom stereocenters. The molecule has 7 heteroatoms. The number of aryl methyl sites for hydroxylation is 1. The van der Waals surface area contributed by atoms with Crippen molar-refractivity contribution in [2.24, 2.45) is 0 Å². The molecule has 0 aliphatic heterocycles. The van der Waals surface area contributed by atoms with Crippen molar-refractivity contribution in [1.29, 1.82) is 0 Å². The summed E-state index contributed by atoms with van der Waals surface area (Å²) in [5.74, 6) is 1.97. The molecule has 120 valence electrons. The van der Waals surface area contributed by atoms with Crippen molar-refractivity contribution >= 4 is 5.82 Å². The van der Waals surface area contributed by atoms with E-state index in [0.717, 1.165) is 31.7 Å². The number of hydrogen-bond donors (Lipinski definition) is 1. The van der Waals surface area contributed by atoms with Crippen molar-refractivity contribution in [2.45, 2.75) is 32.9 Å². The Morgan fingerprint density at radius 2 is 2.23 bits per heavy atom. The number of ether oxygens (including phenoxy) is 2. The van der Waals surface area contributed by atoms with Gasteiger partial charge in [0.05, 0.1) is 12.9 Å². The lowest BCUT2D eigenvalue weighted by Crippen LogP contribution is -2.10. The van der Waals surface area contributed by atoms with Crippen LogP contribution in [0.3, 0.4) is 0 Å². The van der Waals surface area contributed by atoms with Crippen molar-refractivity contribution in [3.8, 4) is 5.88 Å². The maximum absolute atomic E-state index is 5.59. The first-order chi connectivity index (χ1) is 10.8. The van der Waals surface area contributed by atoms with E-state index in [1.54, 1.807) is 13.3 Å². The maximum atomic E-state index is 5.59. The topological polar surface area (TPSA) is 74.1 Å². The summed E-state index contributed by atoms with van der Waals surface area (Å²) in [7, 11) is 1.63. The van der Waals surface area contributed by atoms with Crippen LogP contribution in [0.1, 0.15) is 25.6 Å². The molecule has 0 radical (unpaired) electrons. The largest absolute Gasteiger partial charge is 0.478 e. The van der Waals surface area contributed by atoms with Gasteiger partial charge < -0.3 is 19.4 Å². The molecule has 0 aliphatic rings. The molecule has 0 aliphatic carbocycles. The molecule has 7 nitrogen and oxygen atoms in total. The van der Waals surface area contributed by atoms with Gasteiger partial charge in [-0.1, -0.05) is 6.92 Å². The summed E-state index contributed by atoms with van der Waals surface area (Å²) in [4.78, 5) is 12.8. The highest BCUT2D eigenvalue weighted by Gasteiger charge is 2.05. The van der Waals surface area contributed by atoms with Gasteiger partial charge in [-0.05, 0) is 12.8 Å². The molecular formula is C15H23N5O2. The highest BCUT2D eigenvalue weighted by atomic mass is 16.5. The van der Waals surface area contributed by atoms with E-state index in [0.29, 0.717) is 24.9 Å². The normalized spacial score (nSPS) is 10.6. The van der Waals surface area contributed by atoms with Crippen LogP contribution in [0.15, 0.2) is 24.8 Å². The van der Waals surface area contributed by atoms with E-state index in [2.05, 4.69) is 27.2 Å². The molecule has 0 saturated carbocycles. The summed E-state index contributed by atoms with van der Waals surface area (Å²) in [6.07, 6.45) is 7.48. The molecule has 0 fully saturated rings. The average Bonchev–Trinajstić information content (AvgIpc) is 3.03. The average molecular weight is 305 g/mol. The zero-order valence-corrected chi connectivity index (χ0v) is 13.2. The second-order valence-electron chi connectivity index (χ2n) is 4.87. The maximum Gasteiger partial charge on any atom is 0.218 e. The third kappa shape index (κ3) is 5.33. The fraction of sp³-hybridized carbons (Fsp3) is 0.533. The van der Waals surface area contributed by atoms with E-state index < -0.39 is 0 Å². The van der Waals surface area contributed by atoms with Crippen LogP contribution in [0.2, 0.25) is 0 Å². The Morgan fingerprint density at radius 3 is 2.95 bits per heavy atom. The molecule has 0 bridgehead atoms. The van der Waals surface area contributed by atoms with Gasteiger partial charge in [-0.3, -0.25) is 0 Å². The van der Waals surface area contributed by atoms with Crippen LogP contribution in [-0.2, 0) is 17.9 Å². The van der Waals surface area contributed by atoms with Crippen LogP contribution in [0, 0.1) is 0 Å². The highest BCUT2D eigenvalue weighted by Crippen LogP contribution is 2.14. The lowest BCUT2D eigenvalue weighted by atomic mass is 10.4. The minimum atomic E-state index is 0.368. The van der Waals surface area contributed by atoms with Crippen LogP contribution in [0.25, 0.3) is 0 Å². The predicted molar refractivity (Wildman–Crippen MR) is 83.9 cm³/mol. The van der Waals surface area contributed by atoms with Gasteiger partial charge in [-0.15, -0.1) is 0 Å². The summed E-state index contributed by atoms with van der Waals surface area (Å²) in [6, 6.07) is 1.83. The predicted octanol–water partition coefficient (Wildman–Crippen LogP) is 2.11. The van der Waals surface area contributed by atoms with Crippen LogP contribution >= 0.6 is 0 Å². The van der Waals surface area contributed by atoms with Crippen molar-refractivity contribution in [2.75, 3.05) is 25.6 Å². The van der Waals surface area contributed by atoms with E-state index in [9.17, 15) is 0 Å². The van der Waals surface area contributed by atoms with E-state index >= 15 is 0 Å². The minimum Gasteiger partial charge on any atom is -0.478 e. The number of nitrogens with one attached hydrogen (secondary N) is 1. The van der Waals surface area contributed by atoms with Crippen molar-refractivity contribution in [1.82, 2.24) is 19.5 Å². The molecule has 0 aromatic carbocycles. The zero-order valence-electron chi connectivity index (χ0n) is 13.2. The number of nitrogens with zero attached hydrogens (tertiary/aromatic N) is 4. The van der Waals surface area contributed by atoms with Gasteiger partial charge in [-0.25, -0.2) is 9.97 Å². The van der Waals surface area contributed by atoms with E-state index in [1.807, 2.05) is 23.2 Å². The van der Waals surface area contributed by atoms with Crippen molar-refractivity contribution < 1.29 is 9.47 Å². The van der Waals surface area contributed by atoms with Gasteiger partial charge in [0.1, 0.15) is 12.4 Å². The first kappa shape index (κ1) is 16.2. The second-order valence-corrected chi connectivity index (χ2v) is 4.87. The summed E-state index contributed by atoms with van der Waals surface area (Å²) in [6.45, 7) is 4.81. The molecule has 0 saturated heterocycles. The van der Waals surface area contributed by atoms with Gasteiger partial charge in [0.25, 0.3) is 0 Å². The first-order valence-electron chi connectivity index (χ1n) is 7.51.